The summed E-state index contributed by atoms with van der Waals surface area (Å²) in [7, 11) is 0. The lowest BCUT2D eigenvalue weighted by molar-refractivity contribution is 0.309. The Kier molecular flexibility index (Phi) is 3.26. The second-order valence-electron chi connectivity index (χ2n) is 5.02. The monoisotopic (exact) mass is 181 g/mol. The Morgan fingerprint density at radius 1 is 0.846 bits per heavy atom. The van der Waals surface area contributed by atoms with Crippen LogP contribution in [0.3, 0.4) is 0 Å². The number of rotatable bonds is 2. The summed E-state index contributed by atoms with van der Waals surface area (Å²) in [5.41, 5.74) is 0. The fraction of sp³-hybridized carbons (Fsp3) is 1.00. The normalized spacial score (nSPS) is 36.7. The van der Waals surface area contributed by atoms with E-state index in [1.165, 1.54) is 51.4 Å². The van der Waals surface area contributed by atoms with Crippen molar-refractivity contribution in [3.63, 3.8) is 0 Å². The summed E-state index contributed by atoms with van der Waals surface area (Å²) in [6.45, 7) is 2.41. The number of hydrogen-bond acceptors (Lipinski definition) is 1. The van der Waals surface area contributed by atoms with Crippen LogP contribution in [0.15, 0.2) is 0 Å². The van der Waals surface area contributed by atoms with Gasteiger partial charge in [-0.2, -0.15) is 0 Å². The van der Waals surface area contributed by atoms with E-state index in [1.807, 2.05) is 0 Å². The third kappa shape index (κ3) is 2.46. The third-order valence-corrected chi connectivity index (χ3v) is 3.92. The van der Waals surface area contributed by atoms with Crippen molar-refractivity contribution >= 4 is 0 Å². The maximum Gasteiger partial charge on any atom is 0.00952 e. The van der Waals surface area contributed by atoms with E-state index in [2.05, 4.69) is 12.2 Å². The molecule has 76 valence electrons. The van der Waals surface area contributed by atoms with Gasteiger partial charge in [0.05, 0.1) is 0 Å². The van der Waals surface area contributed by atoms with Gasteiger partial charge in [0.15, 0.2) is 0 Å². The molecule has 13 heavy (non-hydrogen) atoms. The SMILES string of the molecule is C[C@H]1CCC[C@@H]1NC1CCCCC1. The summed E-state index contributed by atoms with van der Waals surface area (Å²) in [6.07, 6.45) is 11.6. The van der Waals surface area contributed by atoms with E-state index in [0.717, 1.165) is 18.0 Å². The van der Waals surface area contributed by atoms with E-state index in [1.54, 1.807) is 0 Å². The maximum atomic E-state index is 3.87. The predicted molar refractivity (Wildman–Crippen MR) is 56.8 cm³/mol. The molecule has 1 nitrogen and oxygen atoms in total. The molecule has 2 aliphatic rings. The van der Waals surface area contributed by atoms with Gasteiger partial charge in [-0.05, 0) is 31.6 Å². The van der Waals surface area contributed by atoms with Crippen LogP contribution in [0.2, 0.25) is 0 Å². The Labute approximate surface area is 82.3 Å². The minimum absolute atomic E-state index is 0.850. The largest absolute Gasteiger partial charge is 0.311 e. The smallest absolute Gasteiger partial charge is 0.00952 e. The van der Waals surface area contributed by atoms with Crippen LogP contribution in [0.25, 0.3) is 0 Å². The molecule has 0 unspecified atom stereocenters. The minimum Gasteiger partial charge on any atom is -0.311 e. The molecule has 2 rings (SSSR count). The van der Waals surface area contributed by atoms with Crippen LogP contribution in [0.4, 0.5) is 0 Å². The predicted octanol–water partition coefficient (Wildman–Crippen LogP) is 3.10. The van der Waals surface area contributed by atoms with Gasteiger partial charge in [0, 0.05) is 12.1 Å². The van der Waals surface area contributed by atoms with Crippen molar-refractivity contribution in [2.45, 2.75) is 70.4 Å². The summed E-state index contributed by atoms with van der Waals surface area (Å²) in [4.78, 5) is 0. The fourth-order valence-corrected chi connectivity index (χ4v) is 2.97. The van der Waals surface area contributed by atoms with Gasteiger partial charge in [-0.15, -0.1) is 0 Å². The van der Waals surface area contributed by atoms with E-state index in [4.69, 9.17) is 0 Å². The molecule has 0 aliphatic heterocycles. The molecule has 0 saturated heterocycles. The molecule has 2 saturated carbocycles. The Morgan fingerprint density at radius 3 is 2.23 bits per heavy atom. The van der Waals surface area contributed by atoms with Crippen LogP contribution in [0, 0.1) is 5.92 Å². The first-order valence-electron chi connectivity index (χ1n) is 6.12. The highest BCUT2D eigenvalue weighted by Crippen LogP contribution is 2.27. The van der Waals surface area contributed by atoms with Crippen molar-refractivity contribution < 1.29 is 0 Å². The first kappa shape index (κ1) is 9.51. The standard InChI is InChI=1S/C12H23N/c1-10-6-5-9-12(10)13-11-7-3-2-4-8-11/h10-13H,2-9H2,1H3/t10-,12-/m0/s1. The summed E-state index contributed by atoms with van der Waals surface area (Å²) < 4.78 is 0. The lowest BCUT2D eigenvalue weighted by Crippen LogP contribution is -2.40. The highest BCUT2D eigenvalue weighted by Gasteiger charge is 2.25. The maximum absolute atomic E-state index is 3.87. The van der Waals surface area contributed by atoms with Crippen molar-refractivity contribution in [2.75, 3.05) is 0 Å². The Bertz CT molecular complexity index is 149. The first-order valence-corrected chi connectivity index (χ1v) is 6.12. The van der Waals surface area contributed by atoms with Crippen LogP contribution in [0.1, 0.15) is 58.3 Å². The Balaban J connectivity index is 1.75. The number of nitrogens with one attached hydrogen (secondary N) is 1. The van der Waals surface area contributed by atoms with Gasteiger partial charge in [-0.1, -0.05) is 32.6 Å². The molecule has 0 bridgehead atoms. The van der Waals surface area contributed by atoms with Crippen LogP contribution < -0.4 is 5.32 Å². The molecular formula is C12H23N. The molecule has 2 fully saturated rings. The van der Waals surface area contributed by atoms with Crippen molar-refractivity contribution in [3.05, 3.63) is 0 Å². The van der Waals surface area contributed by atoms with Crippen molar-refractivity contribution in [1.29, 1.82) is 0 Å². The Morgan fingerprint density at radius 2 is 1.62 bits per heavy atom. The molecule has 0 heterocycles. The lowest BCUT2D eigenvalue weighted by Gasteiger charge is -2.28. The zero-order valence-electron chi connectivity index (χ0n) is 8.89. The zero-order chi connectivity index (χ0) is 9.10. The van der Waals surface area contributed by atoms with E-state index >= 15 is 0 Å². The van der Waals surface area contributed by atoms with Crippen LogP contribution in [-0.2, 0) is 0 Å². The summed E-state index contributed by atoms with van der Waals surface area (Å²) >= 11 is 0. The lowest BCUT2D eigenvalue weighted by atomic mass is 9.94. The molecule has 0 radical (unpaired) electrons. The van der Waals surface area contributed by atoms with Crippen molar-refractivity contribution in [3.8, 4) is 0 Å². The molecule has 0 aromatic carbocycles. The fourth-order valence-electron chi connectivity index (χ4n) is 2.97. The van der Waals surface area contributed by atoms with Crippen LogP contribution >= 0.6 is 0 Å². The van der Waals surface area contributed by atoms with Gasteiger partial charge in [0.25, 0.3) is 0 Å². The highest BCUT2D eigenvalue weighted by molar-refractivity contribution is 4.84. The second kappa shape index (κ2) is 4.45. The highest BCUT2D eigenvalue weighted by atomic mass is 15.0. The second-order valence-corrected chi connectivity index (χ2v) is 5.02. The molecule has 1 N–H and O–H groups in total. The molecule has 0 aromatic rings. The molecular weight excluding hydrogens is 158 g/mol. The van der Waals surface area contributed by atoms with E-state index < -0.39 is 0 Å². The topological polar surface area (TPSA) is 12.0 Å². The Hall–Kier alpha value is -0.0400. The first-order chi connectivity index (χ1) is 6.36. The van der Waals surface area contributed by atoms with E-state index in [-0.39, 0.29) is 0 Å². The quantitative estimate of drug-likeness (QED) is 0.690. The molecule has 2 aliphatic carbocycles. The molecule has 0 aromatic heterocycles. The van der Waals surface area contributed by atoms with E-state index in [9.17, 15) is 0 Å². The summed E-state index contributed by atoms with van der Waals surface area (Å²) in [6, 6.07) is 1.71. The number of hydrogen-bond donors (Lipinski definition) is 1. The minimum atomic E-state index is 0.850. The molecule has 0 amide bonds. The zero-order valence-corrected chi connectivity index (χ0v) is 8.89. The average Bonchev–Trinajstić information content (AvgIpc) is 2.54. The van der Waals surface area contributed by atoms with Gasteiger partial charge in [-0.25, -0.2) is 0 Å². The average molecular weight is 181 g/mol. The summed E-state index contributed by atoms with van der Waals surface area (Å²) in [5, 5.41) is 3.87. The van der Waals surface area contributed by atoms with Gasteiger partial charge in [-0.3, -0.25) is 0 Å². The van der Waals surface area contributed by atoms with Crippen molar-refractivity contribution in [1.82, 2.24) is 5.32 Å². The molecule has 1 heteroatoms. The summed E-state index contributed by atoms with van der Waals surface area (Å²) in [5.74, 6) is 0.932. The van der Waals surface area contributed by atoms with Gasteiger partial charge in [0.2, 0.25) is 0 Å². The van der Waals surface area contributed by atoms with Gasteiger partial charge < -0.3 is 5.32 Å². The van der Waals surface area contributed by atoms with Crippen molar-refractivity contribution in [2.24, 2.45) is 5.92 Å². The van der Waals surface area contributed by atoms with Crippen LogP contribution in [0.5, 0.6) is 0 Å². The molecule has 0 spiro atoms. The molecule has 2 atom stereocenters. The van der Waals surface area contributed by atoms with E-state index in [0.29, 0.717) is 0 Å². The van der Waals surface area contributed by atoms with Gasteiger partial charge in [0.1, 0.15) is 0 Å². The van der Waals surface area contributed by atoms with Gasteiger partial charge >= 0.3 is 0 Å². The van der Waals surface area contributed by atoms with Crippen LogP contribution in [-0.4, -0.2) is 12.1 Å². The third-order valence-electron chi connectivity index (χ3n) is 3.92.